The normalized spacial score (nSPS) is 11.1. The maximum Gasteiger partial charge on any atom is 0.275 e. The Kier molecular flexibility index (Phi) is 2.53. The van der Waals surface area contributed by atoms with Crippen LogP contribution in [0.2, 0.25) is 0 Å². The molecule has 2 aromatic heterocycles. The minimum Gasteiger partial charge on any atom is -0.299 e. The number of rotatable bonds is 3. The topological polar surface area (TPSA) is 52.2 Å². The monoisotopic (exact) mass is 206 g/mol. The van der Waals surface area contributed by atoms with E-state index in [4.69, 9.17) is 0 Å². The number of hydrogen-bond acceptors (Lipinski definition) is 3. The molecule has 0 fully saturated rings. The molecule has 2 aromatic rings. The fourth-order valence-corrected chi connectivity index (χ4v) is 1.52. The van der Waals surface area contributed by atoms with Crippen LogP contribution in [0.4, 0.5) is 0 Å². The summed E-state index contributed by atoms with van der Waals surface area (Å²) in [6.07, 6.45) is 3.84. The van der Waals surface area contributed by atoms with Crippen LogP contribution in [0, 0.1) is 6.92 Å². The molecule has 0 saturated heterocycles. The van der Waals surface area contributed by atoms with Crippen molar-refractivity contribution in [3.63, 3.8) is 0 Å². The van der Waals surface area contributed by atoms with Gasteiger partial charge in [-0.25, -0.2) is 4.98 Å². The second-order valence-electron chi connectivity index (χ2n) is 3.63. The Balaban J connectivity index is 2.53. The first-order valence-corrected chi connectivity index (χ1v) is 5.14. The maximum atomic E-state index is 11.5. The van der Waals surface area contributed by atoms with Gasteiger partial charge in [0.2, 0.25) is 5.78 Å². The molecule has 0 bridgehead atoms. The van der Waals surface area contributed by atoms with Crippen LogP contribution in [0.3, 0.4) is 0 Å². The van der Waals surface area contributed by atoms with Crippen LogP contribution >= 0.6 is 0 Å². The third kappa shape index (κ3) is 1.77. The number of nitrogens with zero attached hydrogens (tertiary/aromatic N) is 4. The predicted molar refractivity (Wildman–Crippen MR) is 56.9 cm³/mol. The van der Waals surface area contributed by atoms with E-state index in [-0.39, 0.29) is 5.56 Å². The van der Waals surface area contributed by atoms with Crippen molar-refractivity contribution in [2.24, 2.45) is 0 Å². The van der Waals surface area contributed by atoms with E-state index in [1.807, 2.05) is 11.5 Å². The molecule has 0 N–H and O–H groups in total. The lowest BCUT2D eigenvalue weighted by Crippen LogP contribution is -2.15. The number of hydrogen-bond donors (Lipinski definition) is 0. The fraction of sp³-hybridized carbons (Fsp3) is 0.500. The molecule has 2 rings (SSSR count). The van der Waals surface area contributed by atoms with Crippen LogP contribution in [0.1, 0.15) is 25.5 Å². The van der Waals surface area contributed by atoms with E-state index in [0.29, 0.717) is 5.78 Å². The minimum absolute atomic E-state index is 0.118. The SMILES string of the molecule is CCCCn1cnn2c(=O)cc(C)nc12. The third-order valence-electron chi connectivity index (χ3n) is 2.32. The Morgan fingerprint density at radius 3 is 3.00 bits per heavy atom. The third-order valence-corrected chi connectivity index (χ3v) is 2.32. The molecule has 0 unspecified atom stereocenters. The smallest absolute Gasteiger partial charge is 0.275 e. The second-order valence-corrected chi connectivity index (χ2v) is 3.63. The largest absolute Gasteiger partial charge is 0.299 e. The average molecular weight is 206 g/mol. The summed E-state index contributed by atoms with van der Waals surface area (Å²) in [5.74, 6) is 0.633. The van der Waals surface area contributed by atoms with E-state index in [9.17, 15) is 4.79 Å². The Bertz CT molecular complexity index is 526. The van der Waals surface area contributed by atoms with Crippen molar-refractivity contribution in [1.29, 1.82) is 0 Å². The number of aryl methyl sites for hydroxylation is 2. The Hall–Kier alpha value is -1.65. The van der Waals surface area contributed by atoms with Crippen molar-refractivity contribution in [2.75, 3.05) is 0 Å². The summed E-state index contributed by atoms with van der Waals surface area (Å²) in [5.41, 5.74) is 0.617. The zero-order valence-corrected chi connectivity index (χ0v) is 8.97. The quantitative estimate of drug-likeness (QED) is 0.752. The summed E-state index contributed by atoms with van der Waals surface area (Å²) in [6, 6.07) is 1.49. The van der Waals surface area contributed by atoms with Crippen molar-refractivity contribution in [3.05, 3.63) is 28.4 Å². The molecule has 0 saturated carbocycles. The van der Waals surface area contributed by atoms with Gasteiger partial charge in [0.05, 0.1) is 0 Å². The van der Waals surface area contributed by atoms with Crippen LogP contribution in [0.5, 0.6) is 0 Å². The summed E-state index contributed by atoms with van der Waals surface area (Å²) in [6.45, 7) is 4.80. The van der Waals surface area contributed by atoms with Gasteiger partial charge in [0.1, 0.15) is 6.33 Å². The van der Waals surface area contributed by atoms with Crippen LogP contribution in [-0.2, 0) is 6.54 Å². The van der Waals surface area contributed by atoms with Crippen LogP contribution in [-0.4, -0.2) is 19.2 Å². The summed E-state index contributed by atoms with van der Waals surface area (Å²) in [5, 5.41) is 4.02. The first-order valence-electron chi connectivity index (χ1n) is 5.14. The molecule has 5 nitrogen and oxygen atoms in total. The van der Waals surface area contributed by atoms with Crippen molar-refractivity contribution in [2.45, 2.75) is 33.2 Å². The number of aromatic nitrogens is 4. The molecule has 0 aromatic carbocycles. The van der Waals surface area contributed by atoms with Gasteiger partial charge in [-0.2, -0.15) is 9.61 Å². The lowest BCUT2D eigenvalue weighted by atomic mass is 10.3. The molecule has 2 heterocycles. The van der Waals surface area contributed by atoms with E-state index in [1.54, 1.807) is 6.33 Å². The Morgan fingerprint density at radius 1 is 1.47 bits per heavy atom. The van der Waals surface area contributed by atoms with Crippen LogP contribution < -0.4 is 5.56 Å². The van der Waals surface area contributed by atoms with Gasteiger partial charge in [-0.15, -0.1) is 0 Å². The molecule has 0 aliphatic rings. The highest BCUT2D eigenvalue weighted by atomic mass is 16.1. The number of fused-ring (bicyclic) bond motifs is 1. The van der Waals surface area contributed by atoms with Crippen molar-refractivity contribution >= 4 is 5.78 Å². The molecular weight excluding hydrogens is 192 g/mol. The van der Waals surface area contributed by atoms with Crippen molar-refractivity contribution in [1.82, 2.24) is 19.2 Å². The van der Waals surface area contributed by atoms with Gasteiger partial charge in [0.25, 0.3) is 5.56 Å². The second kappa shape index (κ2) is 3.84. The van der Waals surface area contributed by atoms with E-state index in [0.717, 1.165) is 25.1 Å². The maximum absolute atomic E-state index is 11.5. The van der Waals surface area contributed by atoms with E-state index in [2.05, 4.69) is 17.0 Å². The molecule has 0 aliphatic carbocycles. The average Bonchev–Trinajstić information content (AvgIpc) is 2.58. The molecule has 80 valence electrons. The summed E-state index contributed by atoms with van der Waals surface area (Å²) in [4.78, 5) is 15.8. The summed E-state index contributed by atoms with van der Waals surface area (Å²) < 4.78 is 3.25. The zero-order valence-electron chi connectivity index (χ0n) is 8.97. The first kappa shape index (κ1) is 9.89. The number of unbranched alkanes of at least 4 members (excludes halogenated alkanes) is 1. The molecule has 0 aliphatic heterocycles. The Morgan fingerprint density at radius 2 is 2.27 bits per heavy atom. The molecule has 0 radical (unpaired) electrons. The highest BCUT2D eigenvalue weighted by molar-refractivity contribution is 5.28. The predicted octanol–water partition coefficient (Wildman–Crippen LogP) is 1.000. The summed E-state index contributed by atoms with van der Waals surface area (Å²) >= 11 is 0. The van der Waals surface area contributed by atoms with E-state index < -0.39 is 0 Å². The van der Waals surface area contributed by atoms with Crippen LogP contribution in [0.15, 0.2) is 17.2 Å². The standard InChI is InChI=1S/C10H14N4O/c1-3-4-5-13-7-11-14-9(15)6-8(2)12-10(13)14/h6-7H,3-5H2,1-2H3. The van der Waals surface area contributed by atoms with Gasteiger partial charge in [0.15, 0.2) is 0 Å². The highest BCUT2D eigenvalue weighted by Gasteiger charge is 2.05. The molecule has 15 heavy (non-hydrogen) atoms. The highest BCUT2D eigenvalue weighted by Crippen LogP contribution is 2.01. The lowest BCUT2D eigenvalue weighted by molar-refractivity contribution is 0.640. The van der Waals surface area contributed by atoms with E-state index >= 15 is 0 Å². The van der Waals surface area contributed by atoms with Crippen molar-refractivity contribution < 1.29 is 0 Å². The fourth-order valence-electron chi connectivity index (χ4n) is 1.52. The molecule has 0 atom stereocenters. The van der Waals surface area contributed by atoms with Gasteiger partial charge in [-0.3, -0.25) is 9.36 Å². The first-order chi connectivity index (χ1) is 7.22. The Labute approximate surface area is 87.4 Å². The molecule has 5 heteroatoms. The van der Waals surface area contributed by atoms with Gasteiger partial charge in [-0.05, 0) is 13.3 Å². The molecule has 0 spiro atoms. The van der Waals surface area contributed by atoms with Gasteiger partial charge < -0.3 is 0 Å². The van der Waals surface area contributed by atoms with Crippen molar-refractivity contribution in [3.8, 4) is 0 Å². The minimum atomic E-state index is -0.118. The molecular formula is C10H14N4O. The summed E-state index contributed by atoms with van der Waals surface area (Å²) in [7, 11) is 0. The zero-order chi connectivity index (χ0) is 10.8. The van der Waals surface area contributed by atoms with Gasteiger partial charge in [0, 0.05) is 18.3 Å². The molecule has 0 amide bonds. The lowest BCUT2D eigenvalue weighted by Gasteiger charge is -2.01. The van der Waals surface area contributed by atoms with Crippen LogP contribution in [0.25, 0.3) is 5.78 Å². The van der Waals surface area contributed by atoms with Gasteiger partial charge >= 0.3 is 0 Å². The van der Waals surface area contributed by atoms with Gasteiger partial charge in [-0.1, -0.05) is 13.3 Å². The van der Waals surface area contributed by atoms with E-state index in [1.165, 1.54) is 10.6 Å².